The number of hydrogen-bond donors (Lipinski definition) is 0. The second-order valence-corrected chi connectivity index (χ2v) is 5.75. The summed E-state index contributed by atoms with van der Waals surface area (Å²) in [6, 6.07) is 12.4. The number of aryl methyl sites for hydroxylation is 4. The van der Waals surface area contributed by atoms with Crippen LogP contribution in [0.25, 0.3) is 16.6 Å². The average Bonchev–Trinajstić information content (AvgIpc) is 3.02. The number of fused-ring (bicyclic) bond motifs is 2. The van der Waals surface area contributed by atoms with Crippen molar-refractivity contribution in [2.45, 2.75) is 26.7 Å². The van der Waals surface area contributed by atoms with Crippen molar-refractivity contribution in [1.82, 2.24) is 24.6 Å². The minimum absolute atomic E-state index is 0.770. The summed E-state index contributed by atoms with van der Waals surface area (Å²) in [6.45, 7) is 3.95. The lowest BCUT2D eigenvalue weighted by atomic mass is 10.1. The van der Waals surface area contributed by atoms with Crippen LogP contribution in [0.5, 0.6) is 0 Å². The van der Waals surface area contributed by atoms with Crippen LogP contribution in [0.4, 0.5) is 0 Å². The number of benzene rings is 1. The molecule has 0 unspecified atom stereocenters. The zero-order valence-electron chi connectivity index (χ0n) is 13.2. The van der Waals surface area contributed by atoms with Crippen LogP contribution in [0.2, 0.25) is 0 Å². The lowest BCUT2D eigenvalue weighted by Crippen LogP contribution is -1.99. The number of hydrogen-bond acceptors (Lipinski definition) is 4. The lowest BCUT2D eigenvalue weighted by molar-refractivity contribution is 0.795. The minimum Gasteiger partial charge on any atom is -0.253 e. The first-order valence-corrected chi connectivity index (χ1v) is 7.73. The fraction of sp³-hybridized carbons (Fsp3) is 0.222. The number of nitrogens with zero attached hydrogens (tertiary/aromatic N) is 5. The van der Waals surface area contributed by atoms with Gasteiger partial charge in [0.1, 0.15) is 5.82 Å². The molecular formula is C18H17N5. The summed E-state index contributed by atoms with van der Waals surface area (Å²) < 4.78 is 1.82. The van der Waals surface area contributed by atoms with E-state index < -0.39 is 0 Å². The summed E-state index contributed by atoms with van der Waals surface area (Å²) in [4.78, 5) is 13.7. The monoisotopic (exact) mass is 303 g/mol. The molecule has 5 nitrogen and oxygen atoms in total. The van der Waals surface area contributed by atoms with Crippen molar-refractivity contribution >= 4 is 16.6 Å². The molecule has 0 spiro atoms. The lowest BCUT2D eigenvalue weighted by Gasteiger charge is -2.01. The van der Waals surface area contributed by atoms with E-state index in [4.69, 9.17) is 4.98 Å². The second kappa shape index (κ2) is 5.43. The van der Waals surface area contributed by atoms with E-state index >= 15 is 0 Å². The molecule has 4 aromatic rings. The molecule has 1 aromatic carbocycles. The molecule has 3 aromatic heterocycles. The Morgan fingerprint density at radius 2 is 1.83 bits per heavy atom. The van der Waals surface area contributed by atoms with Crippen molar-refractivity contribution < 1.29 is 0 Å². The zero-order chi connectivity index (χ0) is 15.8. The molecule has 114 valence electrons. The Hall–Kier alpha value is -2.82. The Morgan fingerprint density at radius 1 is 0.957 bits per heavy atom. The molecule has 0 fully saturated rings. The molecular weight excluding hydrogens is 286 g/mol. The van der Waals surface area contributed by atoms with Crippen LogP contribution in [0.15, 0.2) is 42.6 Å². The highest BCUT2D eigenvalue weighted by Crippen LogP contribution is 2.14. The van der Waals surface area contributed by atoms with Gasteiger partial charge in [-0.25, -0.2) is 9.97 Å². The van der Waals surface area contributed by atoms with E-state index in [0.29, 0.717) is 0 Å². The van der Waals surface area contributed by atoms with E-state index in [2.05, 4.69) is 33.3 Å². The summed E-state index contributed by atoms with van der Waals surface area (Å²) in [6.07, 6.45) is 3.44. The van der Waals surface area contributed by atoms with Gasteiger partial charge in [-0.3, -0.25) is 4.98 Å². The van der Waals surface area contributed by atoms with Gasteiger partial charge in [0.2, 0.25) is 0 Å². The van der Waals surface area contributed by atoms with Crippen LogP contribution in [0, 0.1) is 13.8 Å². The normalized spacial score (nSPS) is 11.4. The Morgan fingerprint density at radius 3 is 2.70 bits per heavy atom. The van der Waals surface area contributed by atoms with Crippen LogP contribution in [0.1, 0.15) is 22.9 Å². The maximum atomic E-state index is 4.70. The van der Waals surface area contributed by atoms with Gasteiger partial charge in [0, 0.05) is 29.3 Å². The Labute approximate surface area is 134 Å². The van der Waals surface area contributed by atoms with Gasteiger partial charge in [-0.1, -0.05) is 24.3 Å². The van der Waals surface area contributed by atoms with Crippen molar-refractivity contribution in [1.29, 1.82) is 0 Å². The van der Waals surface area contributed by atoms with Crippen LogP contribution in [-0.2, 0) is 12.8 Å². The van der Waals surface area contributed by atoms with Crippen molar-refractivity contribution in [2.24, 2.45) is 0 Å². The van der Waals surface area contributed by atoms with Crippen molar-refractivity contribution in [3.63, 3.8) is 0 Å². The largest absolute Gasteiger partial charge is 0.253 e. The zero-order valence-corrected chi connectivity index (χ0v) is 13.2. The first-order chi connectivity index (χ1) is 11.2. The van der Waals surface area contributed by atoms with Gasteiger partial charge < -0.3 is 0 Å². The van der Waals surface area contributed by atoms with Crippen molar-refractivity contribution in [2.75, 3.05) is 0 Å². The van der Waals surface area contributed by atoms with Crippen LogP contribution in [-0.4, -0.2) is 24.6 Å². The molecule has 0 aliphatic rings. The third-order valence-corrected chi connectivity index (χ3v) is 4.02. The van der Waals surface area contributed by atoms with E-state index in [-0.39, 0.29) is 0 Å². The van der Waals surface area contributed by atoms with Gasteiger partial charge in [0.25, 0.3) is 0 Å². The molecule has 0 aliphatic heterocycles. The molecule has 4 rings (SSSR count). The fourth-order valence-electron chi connectivity index (χ4n) is 2.73. The third kappa shape index (κ3) is 2.54. The standard InChI is InChI=1S/C18H17N5/c1-12-11-19-13(2)23-18(12)21-17(22-23)10-9-15-8-7-14-5-3-4-6-16(14)20-15/h3-8,11H,9-10H2,1-2H3. The summed E-state index contributed by atoms with van der Waals surface area (Å²) in [5.74, 6) is 1.69. The molecule has 0 amide bonds. The second-order valence-electron chi connectivity index (χ2n) is 5.75. The molecule has 0 radical (unpaired) electrons. The number of para-hydroxylation sites is 1. The molecule has 0 N–H and O–H groups in total. The Balaban J connectivity index is 1.60. The highest BCUT2D eigenvalue weighted by atomic mass is 15.3. The maximum absolute atomic E-state index is 4.70. The molecule has 0 saturated heterocycles. The predicted molar refractivity (Wildman–Crippen MR) is 89.4 cm³/mol. The SMILES string of the molecule is Cc1cnc(C)n2nc(CCc3ccc4ccccc4n3)nc12. The molecule has 5 heteroatoms. The van der Waals surface area contributed by atoms with E-state index in [0.717, 1.165) is 46.9 Å². The summed E-state index contributed by atoms with van der Waals surface area (Å²) in [5, 5.41) is 5.73. The van der Waals surface area contributed by atoms with Gasteiger partial charge in [-0.15, -0.1) is 5.10 Å². The molecule has 0 aliphatic carbocycles. The molecule has 0 saturated carbocycles. The summed E-state index contributed by atoms with van der Waals surface area (Å²) >= 11 is 0. The summed E-state index contributed by atoms with van der Waals surface area (Å²) in [5.41, 5.74) is 4.02. The van der Waals surface area contributed by atoms with Crippen LogP contribution in [0.3, 0.4) is 0 Å². The quantitative estimate of drug-likeness (QED) is 0.583. The first kappa shape index (κ1) is 13.8. The number of rotatable bonds is 3. The summed E-state index contributed by atoms with van der Waals surface area (Å²) in [7, 11) is 0. The van der Waals surface area contributed by atoms with E-state index in [1.54, 1.807) is 0 Å². The average molecular weight is 303 g/mol. The smallest absolute Gasteiger partial charge is 0.162 e. The highest BCUT2D eigenvalue weighted by Gasteiger charge is 2.09. The first-order valence-electron chi connectivity index (χ1n) is 7.73. The molecule has 23 heavy (non-hydrogen) atoms. The van der Waals surface area contributed by atoms with Gasteiger partial charge in [0.05, 0.1) is 5.52 Å². The Bertz CT molecular complexity index is 964. The predicted octanol–water partition coefficient (Wildman–Crippen LogP) is 3.07. The van der Waals surface area contributed by atoms with Crippen LogP contribution >= 0.6 is 0 Å². The van der Waals surface area contributed by atoms with E-state index in [1.807, 2.05) is 42.8 Å². The van der Waals surface area contributed by atoms with Crippen molar-refractivity contribution in [3.05, 3.63) is 65.5 Å². The van der Waals surface area contributed by atoms with Crippen LogP contribution < -0.4 is 0 Å². The highest BCUT2D eigenvalue weighted by molar-refractivity contribution is 5.78. The Kier molecular flexibility index (Phi) is 3.26. The maximum Gasteiger partial charge on any atom is 0.162 e. The molecule has 3 heterocycles. The topological polar surface area (TPSA) is 56.0 Å². The molecule has 0 bridgehead atoms. The third-order valence-electron chi connectivity index (χ3n) is 4.02. The molecule has 0 atom stereocenters. The van der Waals surface area contributed by atoms with Gasteiger partial charge >= 0.3 is 0 Å². The van der Waals surface area contributed by atoms with Gasteiger partial charge in [-0.05, 0) is 32.4 Å². The minimum atomic E-state index is 0.770. The van der Waals surface area contributed by atoms with E-state index in [9.17, 15) is 0 Å². The van der Waals surface area contributed by atoms with Gasteiger partial charge in [-0.2, -0.15) is 4.52 Å². The van der Waals surface area contributed by atoms with Gasteiger partial charge in [0.15, 0.2) is 11.5 Å². The van der Waals surface area contributed by atoms with Crippen molar-refractivity contribution in [3.8, 4) is 0 Å². The fourth-order valence-corrected chi connectivity index (χ4v) is 2.73. The van der Waals surface area contributed by atoms with E-state index in [1.165, 1.54) is 5.39 Å². The number of pyridine rings is 1. The number of aromatic nitrogens is 5.